The molecule has 0 aliphatic carbocycles. The summed E-state index contributed by atoms with van der Waals surface area (Å²) in [4.78, 5) is 5.14. The Labute approximate surface area is 420 Å². The minimum atomic E-state index is -0.0984. The number of para-hydroxylation sites is 3. The first kappa shape index (κ1) is 43.3. The zero-order valence-electron chi connectivity index (χ0n) is 39.3. The molecule has 5 heterocycles. The number of benzene rings is 8. The van der Waals surface area contributed by atoms with Gasteiger partial charge in [-0.1, -0.05) is 142 Å². The smallest absolute Gasteiger partial charge is 0.267 e. The van der Waals surface area contributed by atoms with E-state index in [1.165, 1.54) is 54.6 Å². The van der Waals surface area contributed by atoms with Crippen LogP contribution < -0.4 is 9.30 Å². The van der Waals surface area contributed by atoms with Gasteiger partial charge in [0.15, 0.2) is 0 Å². The van der Waals surface area contributed by atoms with Gasteiger partial charge in [0.2, 0.25) is 0 Å². The van der Waals surface area contributed by atoms with Crippen LogP contribution in [-0.4, -0.2) is 23.3 Å². The van der Waals surface area contributed by atoms with Gasteiger partial charge < -0.3 is 23.0 Å². The first-order valence-corrected chi connectivity index (χ1v) is 23.4. The van der Waals surface area contributed by atoms with Crippen molar-refractivity contribution in [3.05, 3.63) is 212 Å². The Kier molecular flexibility index (Phi) is 10.3. The Morgan fingerprint density at radius 3 is 1.81 bits per heavy atom. The van der Waals surface area contributed by atoms with Crippen molar-refractivity contribution in [3.8, 4) is 50.9 Å². The quantitative estimate of drug-likeness (QED) is 0.118. The van der Waals surface area contributed by atoms with Gasteiger partial charge in [0.25, 0.3) is 6.33 Å². The van der Waals surface area contributed by atoms with Gasteiger partial charge in [-0.2, -0.15) is 18.2 Å². The van der Waals surface area contributed by atoms with Crippen LogP contribution in [0.5, 0.6) is 11.5 Å². The predicted octanol–water partition coefficient (Wildman–Crippen LogP) is 14.4. The summed E-state index contributed by atoms with van der Waals surface area (Å²) in [6, 6.07) is 67.0. The third-order valence-electron chi connectivity index (χ3n) is 13.9. The molecule has 13 aromatic rings. The van der Waals surface area contributed by atoms with Crippen LogP contribution in [0.15, 0.2) is 188 Å². The van der Waals surface area contributed by atoms with Crippen LogP contribution >= 0.6 is 0 Å². The Bertz CT molecular complexity index is 4110. The average molecular weight is 1090 g/mol. The number of pyridine rings is 1. The van der Waals surface area contributed by atoms with E-state index in [-0.39, 0.29) is 26.5 Å². The summed E-state index contributed by atoms with van der Waals surface area (Å²) in [7, 11) is 4.39. The van der Waals surface area contributed by atoms with Gasteiger partial charge in [0.1, 0.15) is 5.82 Å². The van der Waals surface area contributed by atoms with Crippen molar-refractivity contribution < 1.29 is 30.4 Å². The molecule has 0 unspecified atom stereocenters. The molecule has 0 N–H and O–H groups in total. The number of hydrogen-bond donors (Lipinski definition) is 0. The number of fused-ring (bicyclic) bond motifs is 12. The SMILES string of the molecule is Cn1c2ccccc2c2c3c4ccc(Oc5[c-]c(-[n+]6[c-]n(-c7c(-c8ccccc8)cccc7-c7ccccc7)cc6)ccc5)[c-]c4n(-c4cc(C(C)(C)C)ccn4)c3c3c4ccccc4n(C)c3c21.[Pt]. The van der Waals surface area contributed by atoms with Gasteiger partial charge in [0.05, 0.1) is 22.2 Å². The van der Waals surface area contributed by atoms with E-state index in [4.69, 9.17) is 9.72 Å². The van der Waals surface area contributed by atoms with Gasteiger partial charge in [-0.05, 0) is 68.6 Å². The summed E-state index contributed by atoms with van der Waals surface area (Å²) in [5.74, 6) is 1.97. The van der Waals surface area contributed by atoms with Crippen LogP contribution in [-0.2, 0) is 40.6 Å². The first-order chi connectivity index (χ1) is 33.7. The molecular formula is C62H46N6OPt-2. The van der Waals surface area contributed by atoms with E-state index >= 15 is 0 Å². The molecule has 7 nitrogen and oxygen atoms in total. The van der Waals surface area contributed by atoms with Crippen molar-refractivity contribution >= 4 is 65.4 Å². The molecule has 0 saturated heterocycles. The maximum atomic E-state index is 6.80. The molecule has 0 radical (unpaired) electrons. The second-order valence-corrected chi connectivity index (χ2v) is 19.0. The molecular weight excluding hydrogens is 1040 g/mol. The van der Waals surface area contributed by atoms with Gasteiger partial charge >= 0.3 is 0 Å². The standard InChI is InChI=1S/C62H46N6O.Pt/c1-62(2,3)42-32-33-63-54(36-42)68-53-38-45(30-31-50(53)55-56-48-24-12-14-28-51(48)64(4)60(56)61-57(59(55)68)49-25-13-15-29-52(49)65(61)5)69-44-23-16-22-43(37-44)66-34-35-67(39-66)58-46(40-18-8-6-9-19-40)26-17-27-47(58)41-20-10-7-11-21-41;/h6-36H,1-5H3;/q-2;. The van der Waals surface area contributed by atoms with Gasteiger partial charge in [-0.25, -0.2) is 4.98 Å². The number of imidazole rings is 1. The number of aromatic nitrogens is 6. The average Bonchev–Trinajstić information content (AvgIpc) is 4.15. The molecule has 0 aliphatic heterocycles. The minimum absolute atomic E-state index is 0. The summed E-state index contributed by atoms with van der Waals surface area (Å²) in [5, 5.41) is 7.03. The Balaban J connectivity index is 0.00000505. The fourth-order valence-electron chi connectivity index (χ4n) is 10.6. The van der Waals surface area contributed by atoms with E-state index in [9.17, 15) is 0 Å². The summed E-state index contributed by atoms with van der Waals surface area (Å²) in [6.07, 6.45) is 9.63. The zero-order chi connectivity index (χ0) is 46.5. The topological polar surface area (TPSA) is 45.7 Å². The Morgan fingerprint density at radius 1 is 0.557 bits per heavy atom. The van der Waals surface area contributed by atoms with E-state index in [1.54, 1.807) is 0 Å². The van der Waals surface area contributed by atoms with Crippen LogP contribution in [0.3, 0.4) is 0 Å². The second-order valence-electron chi connectivity index (χ2n) is 19.0. The maximum absolute atomic E-state index is 6.80. The van der Waals surface area contributed by atoms with E-state index in [0.29, 0.717) is 11.5 Å². The van der Waals surface area contributed by atoms with Crippen LogP contribution in [0, 0.1) is 18.5 Å². The predicted molar refractivity (Wildman–Crippen MR) is 280 cm³/mol. The number of rotatable bonds is 7. The first-order valence-electron chi connectivity index (χ1n) is 23.4. The van der Waals surface area contributed by atoms with Gasteiger partial charge in [-0.15, -0.1) is 29.7 Å². The van der Waals surface area contributed by atoms with Crippen molar-refractivity contribution in [2.75, 3.05) is 0 Å². The summed E-state index contributed by atoms with van der Waals surface area (Å²) >= 11 is 0. The van der Waals surface area contributed by atoms with Crippen LogP contribution in [0.2, 0.25) is 0 Å². The second kappa shape index (κ2) is 16.6. The molecule has 8 aromatic carbocycles. The molecule has 0 atom stereocenters. The van der Waals surface area contributed by atoms with Crippen molar-refractivity contribution in [2.45, 2.75) is 26.2 Å². The fraction of sp³-hybridized carbons (Fsp3) is 0.0968. The normalized spacial score (nSPS) is 12.0. The van der Waals surface area contributed by atoms with E-state index < -0.39 is 0 Å². The molecule has 0 amide bonds. The molecule has 5 aromatic heterocycles. The molecule has 0 spiro atoms. The van der Waals surface area contributed by atoms with Crippen molar-refractivity contribution in [2.24, 2.45) is 14.1 Å². The summed E-state index contributed by atoms with van der Waals surface area (Å²) in [5.41, 5.74) is 14.1. The summed E-state index contributed by atoms with van der Waals surface area (Å²) < 4.78 is 17.9. The number of hydrogen-bond acceptors (Lipinski definition) is 2. The molecule has 13 rings (SSSR count). The Morgan fingerprint density at radius 2 is 1.14 bits per heavy atom. The third kappa shape index (κ3) is 6.74. The molecule has 0 aliphatic rings. The van der Waals surface area contributed by atoms with Crippen LogP contribution in [0.1, 0.15) is 26.3 Å². The number of nitrogens with zero attached hydrogens (tertiary/aromatic N) is 6. The van der Waals surface area contributed by atoms with Gasteiger partial charge in [0, 0.05) is 97.8 Å². The molecule has 0 bridgehead atoms. The third-order valence-corrected chi connectivity index (χ3v) is 13.9. The fourth-order valence-corrected chi connectivity index (χ4v) is 10.6. The van der Waals surface area contributed by atoms with Crippen molar-refractivity contribution in [3.63, 3.8) is 0 Å². The zero-order valence-corrected chi connectivity index (χ0v) is 41.6. The maximum Gasteiger partial charge on any atom is 0.267 e. The largest absolute Gasteiger partial charge is 0.510 e. The van der Waals surface area contributed by atoms with Gasteiger partial charge in [-0.3, -0.25) is 4.57 Å². The van der Waals surface area contributed by atoms with Crippen molar-refractivity contribution in [1.82, 2.24) is 23.3 Å². The molecule has 0 saturated carbocycles. The molecule has 8 heteroatoms. The van der Waals surface area contributed by atoms with E-state index in [2.05, 4.69) is 223 Å². The number of ether oxygens (including phenoxy) is 1. The van der Waals surface area contributed by atoms with Crippen LogP contribution in [0.4, 0.5) is 0 Å². The number of aryl methyl sites for hydroxylation is 2. The summed E-state index contributed by atoms with van der Waals surface area (Å²) in [6.45, 7) is 6.75. The van der Waals surface area contributed by atoms with E-state index in [0.717, 1.165) is 55.9 Å². The van der Waals surface area contributed by atoms with Crippen molar-refractivity contribution in [1.29, 1.82) is 0 Å². The molecule has 70 heavy (non-hydrogen) atoms. The van der Waals surface area contributed by atoms with Crippen LogP contribution in [0.25, 0.3) is 105 Å². The minimum Gasteiger partial charge on any atom is -0.510 e. The Hall–Kier alpha value is -7.99. The molecule has 342 valence electrons. The van der Waals surface area contributed by atoms with E-state index in [1.807, 2.05) is 41.2 Å². The molecule has 0 fully saturated rings. The monoisotopic (exact) mass is 1090 g/mol.